The van der Waals surface area contributed by atoms with Gasteiger partial charge in [0.15, 0.2) is 11.5 Å². The average Bonchev–Trinajstić information content (AvgIpc) is 3.66. The number of carbonyl (C=O) groups is 1. The number of piperidine rings is 1. The van der Waals surface area contributed by atoms with Gasteiger partial charge in [0.25, 0.3) is 0 Å². The summed E-state index contributed by atoms with van der Waals surface area (Å²) in [4.78, 5) is 17.4. The quantitative estimate of drug-likeness (QED) is 0.532. The Hall–Kier alpha value is -3.04. The van der Waals surface area contributed by atoms with Crippen molar-refractivity contribution in [2.24, 2.45) is 5.92 Å². The lowest BCUT2D eigenvalue weighted by molar-refractivity contribution is -0.200. The highest BCUT2D eigenvalue weighted by Crippen LogP contribution is 2.66. The molecule has 2 unspecified atom stereocenters. The molecule has 7 rings (SSSR count). The van der Waals surface area contributed by atoms with Crippen LogP contribution in [0.5, 0.6) is 11.5 Å². The summed E-state index contributed by atoms with van der Waals surface area (Å²) in [6.07, 6.45) is 2.51. The Bertz CT molecular complexity index is 1410. The molecule has 9 heteroatoms. The second kappa shape index (κ2) is 8.73. The summed E-state index contributed by atoms with van der Waals surface area (Å²) in [5.74, 6) is 0.795. The predicted octanol–water partition coefficient (Wildman–Crippen LogP) is 4.52. The van der Waals surface area contributed by atoms with Gasteiger partial charge < -0.3 is 19.8 Å². The maximum atomic E-state index is 13.4. The largest absolute Gasteiger partial charge is 0.504 e. The number of likely N-dealkylation sites (N-methyl/N-ethyl adjacent to an activating group) is 1. The lowest BCUT2D eigenvalue weighted by atomic mass is 9.48. The van der Waals surface area contributed by atoms with Crippen molar-refractivity contribution in [3.63, 3.8) is 0 Å². The highest BCUT2D eigenvalue weighted by Gasteiger charge is 2.73. The number of phenolic OH excluding ortho intramolecular Hbond substituents is 1. The molecule has 2 N–H and O–H groups in total. The molecule has 1 saturated heterocycles. The van der Waals surface area contributed by atoms with Crippen molar-refractivity contribution >= 4 is 12.0 Å². The molecule has 40 heavy (non-hydrogen) atoms. The zero-order chi connectivity index (χ0) is 28.0. The van der Waals surface area contributed by atoms with Crippen LogP contribution in [-0.4, -0.2) is 69.8 Å². The number of phenols is 1. The fourth-order valence-electron chi connectivity index (χ4n) is 8.12. The van der Waals surface area contributed by atoms with E-state index in [-0.39, 0.29) is 29.3 Å². The summed E-state index contributed by atoms with van der Waals surface area (Å²) in [5, 5.41) is 23.4. The van der Waals surface area contributed by atoms with E-state index in [1.54, 1.807) is 18.0 Å². The molecule has 0 aromatic heterocycles. The first kappa shape index (κ1) is 25.9. The fraction of sp³-hybridized carbons (Fsp3) is 0.516. The first-order valence-electron chi connectivity index (χ1n) is 14.1. The number of aromatic hydroxyl groups is 1. The third-order valence-electron chi connectivity index (χ3n) is 10.2. The Morgan fingerprint density at radius 3 is 2.75 bits per heavy atom. The number of alkyl halides is 3. The molecule has 2 saturated carbocycles. The van der Waals surface area contributed by atoms with Gasteiger partial charge in [0.05, 0.1) is 22.6 Å². The molecule has 2 heterocycles. The number of likely N-dealkylation sites (tertiary alicyclic amines) is 1. The third-order valence-corrected chi connectivity index (χ3v) is 10.2. The highest BCUT2D eigenvalue weighted by molar-refractivity contribution is 5.92. The van der Waals surface area contributed by atoms with Gasteiger partial charge in [-0.1, -0.05) is 18.2 Å². The number of benzene rings is 2. The minimum absolute atomic E-state index is 0.0425. The van der Waals surface area contributed by atoms with Gasteiger partial charge in [-0.15, -0.1) is 0 Å². The summed E-state index contributed by atoms with van der Waals surface area (Å²) >= 11 is 0. The van der Waals surface area contributed by atoms with Gasteiger partial charge in [-0.3, -0.25) is 9.69 Å². The van der Waals surface area contributed by atoms with Gasteiger partial charge in [-0.05, 0) is 86.4 Å². The van der Waals surface area contributed by atoms with Gasteiger partial charge >= 0.3 is 6.18 Å². The number of aliphatic hydroxyl groups is 1. The van der Waals surface area contributed by atoms with Crippen molar-refractivity contribution in [1.29, 1.82) is 0 Å². The van der Waals surface area contributed by atoms with E-state index in [1.807, 2.05) is 6.07 Å². The maximum Gasteiger partial charge on any atom is 0.416 e. The van der Waals surface area contributed by atoms with E-state index >= 15 is 0 Å². The molecule has 212 valence electrons. The lowest BCUT2D eigenvalue weighted by Crippen LogP contribution is -2.78. The van der Waals surface area contributed by atoms with Gasteiger partial charge in [0.2, 0.25) is 5.91 Å². The third kappa shape index (κ3) is 3.66. The van der Waals surface area contributed by atoms with Crippen LogP contribution in [0.1, 0.15) is 54.4 Å². The Morgan fingerprint density at radius 2 is 2.00 bits per heavy atom. The van der Waals surface area contributed by atoms with Crippen LogP contribution >= 0.6 is 0 Å². The number of halogens is 3. The van der Waals surface area contributed by atoms with Crippen LogP contribution in [0, 0.1) is 5.92 Å². The number of amides is 1. The molecule has 3 fully saturated rings. The van der Waals surface area contributed by atoms with Crippen molar-refractivity contribution in [3.8, 4) is 11.5 Å². The molecule has 1 amide bonds. The zero-order valence-electron chi connectivity index (χ0n) is 22.3. The van der Waals surface area contributed by atoms with Crippen molar-refractivity contribution in [3.05, 3.63) is 64.7 Å². The van der Waals surface area contributed by atoms with Crippen LogP contribution in [0.3, 0.4) is 0 Å². The van der Waals surface area contributed by atoms with Crippen molar-refractivity contribution in [2.75, 3.05) is 20.1 Å². The Balaban J connectivity index is 1.21. The Labute approximate surface area is 231 Å². The van der Waals surface area contributed by atoms with Crippen molar-refractivity contribution in [2.45, 2.75) is 73.9 Å². The molecule has 3 aliphatic carbocycles. The van der Waals surface area contributed by atoms with Crippen LogP contribution in [0.25, 0.3) is 6.08 Å². The van der Waals surface area contributed by atoms with E-state index in [9.17, 15) is 28.2 Å². The monoisotopic (exact) mass is 554 g/mol. The van der Waals surface area contributed by atoms with Crippen molar-refractivity contribution in [1.82, 2.24) is 9.80 Å². The number of ether oxygens (including phenoxy) is 1. The first-order chi connectivity index (χ1) is 19.0. The van der Waals surface area contributed by atoms with Crippen molar-refractivity contribution < 1.29 is 32.9 Å². The van der Waals surface area contributed by atoms with Crippen LogP contribution in [0.15, 0.2) is 42.5 Å². The smallest absolute Gasteiger partial charge is 0.416 e. The summed E-state index contributed by atoms with van der Waals surface area (Å²) in [7, 11) is 1.68. The number of hydrogen-bond acceptors (Lipinski definition) is 5. The number of nitrogens with zero attached hydrogens (tertiary/aromatic N) is 2. The number of carbonyl (C=O) groups excluding carboxylic acids is 1. The van der Waals surface area contributed by atoms with Crippen LogP contribution < -0.4 is 4.74 Å². The molecule has 5 aliphatic rings. The lowest BCUT2D eigenvalue weighted by Gasteiger charge is -2.64. The second-order valence-electron chi connectivity index (χ2n) is 12.3. The normalized spacial score (nSPS) is 32.6. The molecular formula is C31H33F3N2O4. The summed E-state index contributed by atoms with van der Waals surface area (Å²) in [6, 6.07) is 8.03. The number of hydrogen-bond donors (Lipinski definition) is 2. The molecule has 2 aromatic carbocycles. The standard InChI is InChI=1S/C31H33F3N2O4/c1-35(25(38)10-7-18-3-2-4-21(15-18)31(32,33)34)22-11-12-30(39)24-16-20-8-9-23(37)27-26(20)29(30,28(22)40-27)13-14-36(24)17-19-5-6-19/h2-4,7-10,15,19,22,24,28,37,39H,5-6,11-14,16-17H2,1H3/b10-7+/t22?,24-,28?,29+,30-/m1/s1. The van der Waals surface area contributed by atoms with Gasteiger partial charge in [-0.2, -0.15) is 13.2 Å². The van der Waals surface area contributed by atoms with E-state index in [4.69, 9.17) is 4.74 Å². The highest BCUT2D eigenvalue weighted by atomic mass is 19.4. The minimum atomic E-state index is -4.46. The van der Waals surface area contributed by atoms with Gasteiger partial charge in [0, 0.05) is 31.3 Å². The summed E-state index contributed by atoms with van der Waals surface area (Å²) in [5.41, 5.74) is -0.303. The maximum absolute atomic E-state index is 13.4. The molecule has 0 radical (unpaired) electrons. The molecule has 1 spiro atoms. The van der Waals surface area contributed by atoms with Crippen LogP contribution in [-0.2, 0) is 22.8 Å². The average molecular weight is 555 g/mol. The summed E-state index contributed by atoms with van der Waals surface area (Å²) in [6.45, 7) is 1.80. The van der Waals surface area contributed by atoms with Crippen LogP contribution in [0.4, 0.5) is 13.2 Å². The number of rotatable bonds is 5. The predicted molar refractivity (Wildman–Crippen MR) is 142 cm³/mol. The zero-order valence-corrected chi connectivity index (χ0v) is 22.3. The fourth-order valence-corrected chi connectivity index (χ4v) is 8.12. The van der Waals surface area contributed by atoms with E-state index in [0.717, 1.165) is 36.3 Å². The molecular weight excluding hydrogens is 521 g/mol. The van der Waals surface area contributed by atoms with Gasteiger partial charge in [0.1, 0.15) is 6.10 Å². The van der Waals surface area contributed by atoms with Crippen LogP contribution in [0.2, 0.25) is 0 Å². The van der Waals surface area contributed by atoms with E-state index in [0.29, 0.717) is 37.4 Å². The molecule has 2 bridgehead atoms. The molecule has 6 nitrogen and oxygen atoms in total. The van der Waals surface area contributed by atoms with E-state index in [2.05, 4.69) is 4.90 Å². The summed E-state index contributed by atoms with van der Waals surface area (Å²) < 4.78 is 45.9. The SMILES string of the molecule is CN(C(=O)/C=C/c1cccc(C(F)(F)F)c1)C1CC[C@@]2(O)[C@H]3Cc4ccc(O)c5c4[C@@]2(CCN3CC2CC2)C1O5. The van der Waals surface area contributed by atoms with E-state index in [1.165, 1.54) is 37.1 Å². The molecule has 2 aliphatic heterocycles. The molecule has 2 aromatic rings. The first-order valence-corrected chi connectivity index (χ1v) is 14.1. The molecule has 5 atom stereocenters. The van der Waals surface area contributed by atoms with E-state index < -0.39 is 28.9 Å². The van der Waals surface area contributed by atoms with Gasteiger partial charge in [-0.25, -0.2) is 0 Å². The Morgan fingerprint density at radius 1 is 1.20 bits per heavy atom. The topological polar surface area (TPSA) is 73.2 Å². The minimum Gasteiger partial charge on any atom is -0.504 e. The second-order valence-corrected chi connectivity index (χ2v) is 12.3. The Kier molecular flexibility index (Phi) is 5.65.